The molecule has 0 aliphatic rings. The monoisotopic (exact) mass is 278 g/mol. The molecule has 0 aliphatic heterocycles. The second-order valence-electron chi connectivity index (χ2n) is 1.60. The summed E-state index contributed by atoms with van der Waals surface area (Å²) in [7, 11) is 1.75. The van der Waals surface area contributed by atoms with Gasteiger partial charge in [0.15, 0.2) is 0 Å². The first kappa shape index (κ1) is 17.3. The van der Waals surface area contributed by atoms with Crippen LogP contribution in [0.5, 0.6) is 0 Å². The van der Waals surface area contributed by atoms with Crippen molar-refractivity contribution in [1.82, 2.24) is 0 Å². The van der Waals surface area contributed by atoms with Gasteiger partial charge in [0.1, 0.15) is 0 Å². The number of nitrogens with zero attached hydrogens (tertiary/aromatic N) is 1. The van der Waals surface area contributed by atoms with Crippen molar-refractivity contribution in [1.29, 1.82) is 0 Å². The summed E-state index contributed by atoms with van der Waals surface area (Å²) in [6.45, 7) is 2.69. The van der Waals surface area contributed by atoms with E-state index in [0.717, 1.165) is 6.42 Å². The van der Waals surface area contributed by atoms with Gasteiger partial charge in [0.25, 0.3) is 0 Å². The molecule has 4 heteroatoms. The number of nitrogens with one attached hydrogen (secondary N) is 1. The van der Waals surface area contributed by atoms with Crippen molar-refractivity contribution in [2.45, 2.75) is 19.4 Å². The van der Waals surface area contributed by atoms with Crippen molar-refractivity contribution >= 4 is 0 Å². The quantitative estimate of drug-likeness (QED) is 0.755. The van der Waals surface area contributed by atoms with Gasteiger partial charge in [-0.1, -0.05) is 13.3 Å². The molecule has 0 aliphatic carbocycles. The minimum atomic E-state index is 0. The first-order chi connectivity index (χ1) is 3.31. The van der Waals surface area contributed by atoms with Crippen molar-refractivity contribution in [2.75, 3.05) is 13.6 Å². The van der Waals surface area contributed by atoms with Crippen molar-refractivity contribution in [3.63, 3.8) is 0 Å². The van der Waals surface area contributed by atoms with Crippen LogP contribution in [0.15, 0.2) is 0 Å². The maximum atomic E-state index is 7.13. The van der Waals surface area contributed by atoms with E-state index in [1.54, 1.807) is 7.05 Å². The fraction of sp³-hybridized carbons (Fsp3) is 1.00. The van der Waals surface area contributed by atoms with E-state index in [2.05, 4.69) is 5.32 Å². The normalized spacial score (nSPS) is 11.0. The molecule has 1 atom stereocenters. The number of likely N-dealkylation sites (N-methyl/N-ethyl adjacent to an activating group) is 1. The van der Waals surface area contributed by atoms with Crippen molar-refractivity contribution < 1.29 is 65.4 Å². The van der Waals surface area contributed by atoms with Crippen LogP contribution in [0.3, 0.4) is 0 Å². The molecule has 50 valence electrons. The summed E-state index contributed by atoms with van der Waals surface area (Å²) in [5.74, 6) is 0. The van der Waals surface area contributed by atoms with E-state index in [4.69, 9.17) is 5.73 Å². The van der Waals surface area contributed by atoms with Crippen LogP contribution in [-0.4, -0.2) is 19.6 Å². The molecule has 0 heterocycles. The largest absolute Gasteiger partial charge is 0.676 e. The average molecular weight is 278 g/mol. The molecule has 0 aromatic rings. The van der Waals surface area contributed by atoms with E-state index < -0.39 is 0 Å². The van der Waals surface area contributed by atoms with Gasteiger partial charge in [-0.15, -0.1) is 0 Å². The Bertz CT molecular complexity index is 43.9. The van der Waals surface area contributed by atoms with Gasteiger partial charge < -0.3 is 11.1 Å². The second kappa shape index (κ2) is 12.8. The Morgan fingerprint density at radius 2 is 1.89 bits per heavy atom. The SMILES string of the molecule is CCC([NH-])C[N-]C.[Y].[Y]. The molecule has 2 nitrogen and oxygen atoms in total. The van der Waals surface area contributed by atoms with Crippen LogP contribution in [0.25, 0.3) is 11.1 Å². The maximum Gasteiger partial charge on any atom is 0 e. The van der Waals surface area contributed by atoms with Crippen LogP contribution < -0.4 is 0 Å². The van der Waals surface area contributed by atoms with Crippen molar-refractivity contribution in [3.8, 4) is 0 Å². The van der Waals surface area contributed by atoms with E-state index in [1.165, 1.54) is 0 Å². The third-order valence-corrected chi connectivity index (χ3v) is 0.896. The zero-order chi connectivity index (χ0) is 5.70. The Hall–Kier alpha value is 2.13. The molecule has 0 aromatic heterocycles. The molecule has 0 rings (SSSR count). The van der Waals surface area contributed by atoms with E-state index in [1.807, 2.05) is 6.92 Å². The standard InChI is InChI=1S/C5H12N2.2Y/c1-3-5(6)4-7-2;;/h5-6H,3-4H2,1-2H3;;/q-2;;. The van der Waals surface area contributed by atoms with Gasteiger partial charge in [0.2, 0.25) is 0 Å². The van der Waals surface area contributed by atoms with Crippen LogP contribution in [-0.2, 0) is 65.4 Å². The summed E-state index contributed by atoms with van der Waals surface area (Å²) in [5.41, 5.74) is 7.13. The summed E-state index contributed by atoms with van der Waals surface area (Å²) in [6, 6.07) is 0.0324. The van der Waals surface area contributed by atoms with Crippen LogP contribution in [0, 0.1) is 0 Å². The van der Waals surface area contributed by atoms with E-state index in [0.29, 0.717) is 6.54 Å². The molecule has 0 amide bonds. The fourth-order valence-electron chi connectivity index (χ4n) is 0.349. The van der Waals surface area contributed by atoms with Crippen molar-refractivity contribution in [2.24, 2.45) is 0 Å². The molecule has 0 saturated heterocycles. The Labute approximate surface area is 108 Å². The van der Waals surface area contributed by atoms with Gasteiger partial charge in [-0.25, -0.2) is 0 Å². The number of hydrogen-bond donors (Lipinski definition) is 0. The van der Waals surface area contributed by atoms with Crippen LogP contribution in [0.1, 0.15) is 13.3 Å². The summed E-state index contributed by atoms with van der Waals surface area (Å²) in [5, 5.41) is 3.82. The van der Waals surface area contributed by atoms with Crippen LogP contribution in [0.2, 0.25) is 0 Å². The fourth-order valence-corrected chi connectivity index (χ4v) is 0.349. The first-order valence-electron chi connectivity index (χ1n) is 2.58. The second-order valence-corrected chi connectivity index (χ2v) is 1.60. The molecule has 1 unspecified atom stereocenters. The van der Waals surface area contributed by atoms with Gasteiger partial charge in [-0.05, 0) is 0 Å². The predicted octanol–water partition coefficient (Wildman–Crippen LogP) is 1.82. The van der Waals surface area contributed by atoms with Gasteiger partial charge in [-0.3, -0.25) is 0 Å². The molecule has 0 aromatic carbocycles. The first-order valence-corrected chi connectivity index (χ1v) is 2.58. The van der Waals surface area contributed by atoms with Crippen LogP contribution in [0.4, 0.5) is 0 Å². The van der Waals surface area contributed by atoms with Crippen LogP contribution >= 0.6 is 0 Å². The predicted molar refractivity (Wildman–Crippen MR) is 32.6 cm³/mol. The minimum Gasteiger partial charge on any atom is -0.676 e. The number of rotatable bonds is 3. The van der Waals surface area contributed by atoms with E-state index in [-0.39, 0.29) is 71.5 Å². The zero-order valence-electron chi connectivity index (χ0n) is 6.09. The van der Waals surface area contributed by atoms with E-state index in [9.17, 15) is 0 Å². The Morgan fingerprint density at radius 3 is 2.00 bits per heavy atom. The molecule has 2 radical (unpaired) electrons. The molecule has 1 N–H and O–H groups in total. The Kier molecular flexibility index (Phi) is 24.5. The summed E-state index contributed by atoms with van der Waals surface area (Å²) < 4.78 is 0. The van der Waals surface area contributed by atoms with Gasteiger partial charge in [-0.2, -0.15) is 19.6 Å². The Morgan fingerprint density at radius 1 is 1.44 bits per heavy atom. The minimum absolute atomic E-state index is 0. The third kappa shape index (κ3) is 13.2. The topological polar surface area (TPSA) is 37.9 Å². The molecule has 9 heavy (non-hydrogen) atoms. The molecule has 0 fully saturated rings. The van der Waals surface area contributed by atoms with Gasteiger partial charge in [0.05, 0.1) is 0 Å². The molecule has 0 saturated carbocycles. The summed E-state index contributed by atoms with van der Waals surface area (Å²) in [6.07, 6.45) is 0.914. The number of hydrogen-bond acceptors (Lipinski definition) is 0. The molecular weight excluding hydrogens is 266 g/mol. The zero-order valence-corrected chi connectivity index (χ0v) is 11.8. The van der Waals surface area contributed by atoms with Crippen molar-refractivity contribution in [3.05, 3.63) is 11.1 Å². The molecule has 0 bridgehead atoms. The average Bonchev–Trinajstić information content (AvgIpc) is 1.68. The summed E-state index contributed by atoms with van der Waals surface area (Å²) in [4.78, 5) is 0. The smallest absolute Gasteiger partial charge is 0 e. The van der Waals surface area contributed by atoms with Gasteiger partial charge in [0, 0.05) is 65.4 Å². The maximum absolute atomic E-state index is 7.13. The van der Waals surface area contributed by atoms with E-state index >= 15 is 0 Å². The Balaban J connectivity index is -0.000000180. The third-order valence-electron chi connectivity index (χ3n) is 0.896. The molecular formula is C5H12N2Y2-2. The van der Waals surface area contributed by atoms with Gasteiger partial charge >= 0.3 is 0 Å². The molecule has 0 spiro atoms. The summed E-state index contributed by atoms with van der Waals surface area (Å²) >= 11 is 0.